The first-order chi connectivity index (χ1) is 19.5. The highest BCUT2D eigenvalue weighted by Gasteiger charge is 2.48. The number of methoxy groups -OCH3 is 1. The van der Waals surface area contributed by atoms with Crippen LogP contribution in [0.1, 0.15) is 35.6 Å². The van der Waals surface area contributed by atoms with Crippen molar-refractivity contribution in [1.29, 1.82) is 0 Å². The molecule has 12 nitrogen and oxygen atoms in total. The quantitative estimate of drug-likeness (QED) is 0.256. The van der Waals surface area contributed by atoms with Crippen LogP contribution in [0, 0.1) is 6.92 Å². The predicted octanol–water partition coefficient (Wildman–Crippen LogP) is 3.53. The highest BCUT2D eigenvalue weighted by molar-refractivity contribution is 6.02. The Bertz CT molecular complexity index is 1480. The minimum absolute atomic E-state index is 0.0454. The molecule has 0 saturated carbocycles. The molecule has 0 radical (unpaired) electrons. The summed E-state index contributed by atoms with van der Waals surface area (Å²) in [6, 6.07) is 7.46. The maximum atomic E-state index is 12.4. The summed E-state index contributed by atoms with van der Waals surface area (Å²) in [5.41, 5.74) is 3.56. The van der Waals surface area contributed by atoms with Crippen LogP contribution in [0.4, 0.5) is 28.6 Å². The molecule has 0 aliphatic carbocycles. The van der Waals surface area contributed by atoms with Crippen LogP contribution in [-0.4, -0.2) is 72.4 Å². The summed E-state index contributed by atoms with van der Waals surface area (Å²) in [6.45, 7) is 11.0. The highest BCUT2D eigenvalue weighted by Crippen LogP contribution is 2.49. The van der Waals surface area contributed by atoms with Gasteiger partial charge in [-0.15, -0.1) is 0 Å². The predicted molar refractivity (Wildman–Crippen MR) is 160 cm³/mol. The zero-order valence-electron chi connectivity index (χ0n) is 24.1. The molecule has 3 heterocycles. The molecule has 1 aliphatic rings. The first-order valence-corrected chi connectivity index (χ1v) is 13.1. The van der Waals surface area contributed by atoms with E-state index in [0.29, 0.717) is 23.7 Å². The van der Waals surface area contributed by atoms with Gasteiger partial charge in [0, 0.05) is 43.5 Å². The Balaban J connectivity index is 1.88. The van der Waals surface area contributed by atoms with Crippen molar-refractivity contribution in [2.24, 2.45) is 0 Å². The average Bonchev–Trinajstić information content (AvgIpc) is 3.16. The van der Waals surface area contributed by atoms with Crippen LogP contribution in [0.25, 0.3) is 0 Å². The molecule has 4 rings (SSSR count). The molecule has 0 saturated heterocycles. The molecule has 12 heteroatoms. The number of hydrogen-bond donors (Lipinski definition) is 4. The number of anilines is 5. The fourth-order valence-corrected chi connectivity index (χ4v) is 4.95. The lowest BCUT2D eigenvalue weighted by atomic mass is 9.87. The van der Waals surface area contributed by atoms with E-state index < -0.39 is 17.6 Å². The number of aryl methyl sites for hydroxylation is 1. The number of hydrogen-bond acceptors (Lipinski definition) is 10. The van der Waals surface area contributed by atoms with Gasteiger partial charge in [-0.2, -0.15) is 0 Å². The van der Waals surface area contributed by atoms with E-state index >= 15 is 0 Å². The standard InChI is InChI=1S/C29H36N8O4/c1-8-24(38)34-19-13-20(23(41-7)14-22(19)36(6)12-11-30-5)35-28-29(3,4)25-21(10-9-17(2)33-25)37(28)26-18(27(39)40)15-31-16-32-26/h8-10,13-16,28,30,35H,1,11-12H2,2-7H3,(H,34,38)(H,39,40). The second-order valence-corrected chi connectivity index (χ2v) is 10.3. The van der Waals surface area contributed by atoms with Gasteiger partial charge >= 0.3 is 5.97 Å². The maximum Gasteiger partial charge on any atom is 0.341 e. The molecule has 216 valence electrons. The van der Waals surface area contributed by atoms with Crippen LogP contribution in [0.5, 0.6) is 5.75 Å². The monoisotopic (exact) mass is 560 g/mol. The van der Waals surface area contributed by atoms with E-state index in [2.05, 4.69) is 32.5 Å². The molecule has 0 fully saturated rings. The van der Waals surface area contributed by atoms with Crippen LogP contribution in [0.3, 0.4) is 0 Å². The van der Waals surface area contributed by atoms with Gasteiger partial charge < -0.3 is 35.6 Å². The Kier molecular flexibility index (Phi) is 8.43. The maximum absolute atomic E-state index is 12.4. The third-order valence-corrected chi connectivity index (χ3v) is 7.14. The number of likely N-dealkylation sites (N-methyl/N-ethyl adjacent to an activating group) is 2. The molecule has 1 aromatic carbocycles. The molecule has 2 aromatic heterocycles. The number of carbonyl (C=O) groups is 2. The molecule has 1 atom stereocenters. The van der Waals surface area contributed by atoms with Crippen molar-refractivity contribution in [3.63, 3.8) is 0 Å². The fourth-order valence-electron chi connectivity index (χ4n) is 4.95. The van der Waals surface area contributed by atoms with Crippen LogP contribution < -0.4 is 30.5 Å². The van der Waals surface area contributed by atoms with Gasteiger partial charge in [-0.25, -0.2) is 14.8 Å². The Labute approximate surface area is 239 Å². The number of aromatic nitrogens is 3. The highest BCUT2D eigenvalue weighted by atomic mass is 16.5. The molecule has 3 aromatic rings. The van der Waals surface area contributed by atoms with E-state index in [1.165, 1.54) is 18.6 Å². The average molecular weight is 561 g/mol. The van der Waals surface area contributed by atoms with Gasteiger partial charge in [0.05, 0.1) is 35.6 Å². The lowest BCUT2D eigenvalue weighted by Gasteiger charge is -2.36. The van der Waals surface area contributed by atoms with Crippen molar-refractivity contribution in [3.8, 4) is 5.75 Å². The number of carboxylic acids is 1. The number of nitrogens with zero attached hydrogens (tertiary/aromatic N) is 5. The number of carboxylic acid groups (broad SMARTS) is 1. The molecule has 41 heavy (non-hydrogen) atoms. The van der Waals surface area contributed by atoms with Gasteiger partial charge in [-0.1, -0.05) is 20.4 Å². The Morgan fingerprint density at radius 3 is 2.68 bits per heavy atom. The van der Waals surface area contributed by atoms with Gasteiger partial charge in [0.2, 0.25) is 5.91 Å². The number of ether oxygens (including phenoxy) is 1. The minimum Gasteiger partial charge on any atom is -0.495 e. The zero-order valence-corrected chi connectivity index (χ0v) is 24.1. The number of aromatic carboxylic acids is 1. The summed E-state index contributed by atoms with van der Waals surface area (Å²) in [5.74, 6) is -0.743. The lowest BCUT2D eigenvalue weighted by Crippen LogP contribution is -2.46. The van der Waals surface area contributed by atoms with Crippen LogP contribution in [-0.2, 0) is 10.2 Å². The number of amides is 1. The third-order valence-electron chi connectivity index (χ3n) is 7.14. The van der Waals surface area contributed by atoms with Gasteiger partial charge in [-0.3, -0.25) is 9.78 Å². The number of fused-ring (bicyclic) bond motifs is 1. The molecule has 1 aliphatic heterocycles. The summed E-state index contributed by atoms with van der Waals surface area (Å²) in [4.78, 5) is 41.6. The Hall–Kier alpha value is -4.71. The number of carbonyl (C=O) groups excluding carboxylic acids is 1. The summed E-state index contributed by atoms with van der Waals surface area (Å²) >= 11 is 0. The van der Waals surface area contributed by atoms with Crippen LogP contribution >= 0.6 is 0 Å². The van der Waals surface area contributed by atoms with E-state index in [1.54, 1.807) is 13.2 Å². The van der Waals surface area contributed by atoms with Crippen LogP contribution in [0.2, 0.25) is 0 Å². The number of nitrogens with one attached hydrogen (secondary N) is 3. The Morgan fingerprint density at radius 2 is 2.02 bits per heavy atom. The van der Waals surface area contributed by atoms with Crippen molar-refractivity contribution in [2.75, 3.05) is 54.7 Å². The van der Waals surface area contributed by atoms with E-state index in [-0.39, 0.29) is 17.3 Å². The largest absolute Gasteiger partial charge is 0.495 e. The molecule has 1 unspecified atom stereocenters. The van der Waals surface area contributed by atoms with Crippen molar-refractivity contribution in [1.82, 2.24) is 20.3 Å². The number of pyridine rings is 1. The van der Waals surface area contributed by atoms with E-state index in [1.807, 2.05) is 62.9 Å². The summed E-state index contributed by atoms with van der Waals surface area (Å²) in [5, 5.41) is 19.6. The van der Waals surface area contributed by atoms with Crippen molar-refractivity contribution in [2.45, 2.75) is 32.4 Å². The van der Waals surface area contributed by atoms with E-state index in [9.17, 15) is 14.7 Å². The zero-order chi connectivity index (χ0) is 29.9. The van der Waals surface area contributed by atoms with Gasteiger partial charge in [0.1, 0.15) is 23.8 Å². The lowest BCUT2D eigenvalue weighted by molar-refractivity contribution is -0.111. The SMILES string of the molecule is C=CC(=O)Nc1cc(NC2N(c3ncncc3C(=O)O)c3ccc(C)nc3C2(C)C)c(OC)cc1N(C)CCNC. The second kappa shape index (κ2) is 11.8. The molecule has 0 spiro atoms. The van der Waals surface area contributed by atoms with Gasteiger partial charge in [0.15, 0.2) is 5.82 Å². The molecular weight excluding hydrogens is 524 g/mol. The fraction of sp³-hybridized carbons (Fsp3) is 0.345. The van der Waals surface area contributed by atoms with Crippen molar-refractivity contribution < 1.29 is 19.4 Å². The topological polar surface area (TPSA) is 145 Å². The molecular formula is C29H36N8O4. The second-order valence-electron chi connectivity index (χ2n) is 10.3. The van der Waals surface area contributed by atoms with Gasteiger partial charge in [0.25, 0.3) is 0 Å². The summed E-state index contributed by atoms with van der Waals surface area (Å²) < 4.78 is 5.81. The Morgan fingerprint density at radius 1 is 1.27 bits per heavy atom. The normalized spacial score (nSPS) is 15.2. The van der Waals surface area contributed by atoms with E-state index in [0.717, 1.165) is 29.3 Å². The first kappa shape index (κ1) is 29.3. The van der Waals surface area contributed by atoms with Gasteiger partial charge in [-0.05, 0) is 38.2 Å². The van der Waals surface area contributed by atoms with Crippen LogP contribution in [0.15, 0.2) is 49.4 Å². The smallest absolute Gasteiger partial charge is 0.341 e. The molecule has 0 bridgehead atoms. The third kappa shape index (κ3) is 5.64. The van der Waals surface area contributed by atoms with Crippen molar-refractivity contribution >= 4 is 40.4 Å². The summed E-state index contributed by atoms with van der Waals surface area (Å²) in [7, 11) is 5.38. The first-order valence-electron chi connectivity index (χ1n) is 13.1. The summed E-state index contributed by atoms with van der Waals surface area (Å²) in [6.07, 6.45) is 3.27. The minimum atomic E-state index is -1.15. The van der Waals surface area contributed by atoms with Crippen molar-refractivity contribution in [3.05, 3.63) is 66.4 Å². The number of rotatable bonds is 11. The van der Waals surface area contributed by atoms with E-state index in [4.69, 9.17) is 9.72 Å². The molecule has 4 N–H and O–H groups in total. The molecule has 1 amide bonds. The number of benzene rings is 1.